The standard InChI is InChI=1S/C14H18N2O/c1-15-10-16(2)13-6-4-12-9-14(17-3)7-5-11(12)8-13/h4-9,15H,10H2,1-3H3. The fourth-order valence-corrected chi connectivity index (χ4v) is 1.90. The maximum absolute atomic E-state index is 5.22. The summed E-state index contributed by atoms with van der Waals surface area (Å²) in [6.07, 6.45) is 0. The first-order valence-electron chi connectivity index (χ1n) is 5.68. The maximum atomic E-state index is 5.22. The van der Waals surface area contributed by atoms with Gasteiger partial charge in [0, 0.05) is 12.7 Å². The van der Waals surface area contributed by atoms with Gasteiger partial charge in [0.05, 0.1) is 13.8 Å². The van der Waals surface area contributed by atoms with Crippen molar-refractivity contribution < 1.29 is 4.74 Å². The zero-order valence-corrected chi connectivity index (χ0v) is 10.5. The highest BCUT2D eigenvalue weighted by molar-refractivity contribution is 5.87. The second-order valence-electron chi connectivity index (χ2n) is 4.11. The normalized spacial score (nSPS) is 10.5. The van der Waals surface area contributed by atoms with Crippen LogP contribution >= 0.6 is 0 Å². The predicted octanol–water partition coefficient (Wildman–Crippen LogP) is 2.46. The van der Waals surface area contributed by atoms with Gasteiger partial charge in [-0.05, 0) is 42.1 Å². The second-order valence-corrected chi connectivity index (χ2v) is 4.11. The molecular formula is C14H18N2O. The molecule has 0 aliphatic carbocycles. The van der Waals surface area contributed by atoms with Crippen LogP contribution in [-0.4, -0.2) is 27.9 Å². The van der Waals surface area contributed by atoms with E-state index in [4.69, 9.17) is 4.74 Å². The van der Waals surface area contributed by atoms with Gasteiger partial charge in [0.2, 0.25) is 0 Å². The third-order valence-electron chi connectivity index (χ3n) is 2.87. The average molecular weight is 230 g/mol. The molecule has 17 heavy (non-hydrogen) atoms. The molecular weight excluding hydrogens is 212 g/mol. The van der Waals surface area contributed by atoms with Crippen molar-refractivity contribution in [2.24, 2.45) is 0 Å². The number of rotatable bonds is 4. The molecule has 0 aromatic heterocycles. The molecule has 2 rings (SSSR count). The van der Waals surface area contributed by atoms with Crippen LogP contribution in [0.5, 0.6) is 5.75 Å². The molecule has 3 heteroatoms. The van der Waals surface area contributed by atoms with Crippen LogP contribution in [0.15, 0.2) is 36.4 Å². The molecule has 0 amide bonds. The lowest BCUT2D eigenvalue weighted by atomic mass is 10.1. The molecule has 0 spiro atoms. The number of hydrogen-bond donors (Lipinski definition) is 1. The summed E-state index contributed by atoms with van der Waals surface area (Å²) < 4.78 is 5.22. The van der Waals surface area contributed by atoms with Gasteiger partial charge >= 0.3 is 0 Å². The first kappa shape index (κ1) is 11.7. The summed E-state index contributed by atoms with van der Waals surface area (Å²) in [7, 11) is 5.71. The lowest BCUT2D eigenvalue weighted by Gasteiger charge is -2.19. The second kappa shape index (κ2) is 5.06. The highest BCUT2D eigenvalue weighted by Gasteiger charge is 2.02. The van der Waals surface area contributed by atoms with Crippen LogP contribution in [0.3, 0.4) is 0 Å². The lowest BCUT2D eigenvalue weighted by Crippen LogP contribution is -2.28. The fourth-order valence-electron chi connectivity index (χ4n) is 1.90. The van der Waals surface area contributed by atoms with Gasteiger partial charge in [-0.3, -0.25) is 0 Å². The number of hydrogen-bond acceptors (Lipinski definition) is 3. The maximum Gasteiger partial charge on any atom is 0.119 e. The fraction of sp³-hybridized carbons (Fsp3) is 0.286. The van der Waals surface area contributed by atoms with E-state index >= 15 is 0 Å². The molecule has 0 aliphatic rings. The molecule has 0 atom stereocenters. The SMILES string of the molecule is CNCN(C)c1ccc2cc(OC)ccc2c1. The average Bonchev–Trinajstić information content (AvgIpc) is 2.37. The Morgan fingerprint density at radius 3 is 2.53 bits per heavy atom. The van der Waals surface area contributed by atoms with E-state index in [2.05, 4.69) is 47.6 Å². The number of methoxy groups -OCH3 is 1. The van der Waals surface area contributed by atoms with Crippen molar-refractivity contribution in [1.29, 1.82) is 0 Å². The minimum atomic E-state index is 0.835. The van der Waals surface area contributed by atoms with Crippen molar-refractivity contribution in [2.45, 2.75) is 0 Å². The molecule has 0 aliphatic heterocycles. The molecule has 0 unspecified atom stereocenters. The summed E-state index contributed by atoms with van der Waals surface area (Å²) in [6.45, 7) is 0.835. The summed E-state index contributed by atoms with van der Waals surface area (Å²) in [5, 5.41) is 5.57. The Hall–Kier alpha value is -1.74. The molecule has 1 N–H and O–H groups in total. The first-order chi connectivity index (χ1) is 8.24. The van der Waals surface area contributed by atoms with Crippen LogP contribution in [0.1, 0.15) is 0 Å². The van der Waals surface area contributed by atoms with Crippen molar-refractivity contribution in [1.82, 2.24) is 5.32 Å². The van der Waals surface area contributed by atoms with E-state index < -0.39 is 0 Å². The van der Waals surface area contributed by atoms with Gasteiger partial charge < -0.3 is 15.0 Å². The predicted molar refractivity (Wildman–Crippen MR) is 72.8 cm³/mol. The highest BCUT2D eigenvalue weighted by Crippen LogP contribution is 2.24. The Morgan fingerprint density at radius 2 is 1.82 bits per heavy atom. The lowest BCUT2D eigenvalue weighted by molar-refractivity contribution is 0.415. The van der Waals surface area contributed by atoms with Crippen molar-refractivity contribution in [2.75, 3.05) is 32.8 Å². The molecule has 3 nitrogen and oxygen atoms in total. The molecule has 2 aromatic rings. The van der Waals surface area contributed by atoms with E-state index in [9.17, 15) is 0 Å². The minimum Gasteiger partial charge on any atom is -0.497 e. The van der Waals surface area contributed by atoms with Gasteiger partial charge in [-0.2, -0.15) is 0 Å². The number of nitrogens with one attached hydrogen (secondary N) is 1. The van der Waals surface area contributed by atoms with Crippen LogP contribution < -0.4 is 15.0 Å². The summed E-state index contributed by atoms with van der Waals surface area (Å²) in [5.41, 5.74) is 1.21. The quantitative estimate of drug-likeness (QED) is 0.817. The van der Waals surface area contributed by atoms with Crippen molar-refractivity contribution in [3.63, 3.8) is 0 Å². The van der Waals surface area contributed by atoms with Crippen LogP contribution in [-0.2, 0) is 0 Å². The van der Waals surface area contributed by atoms with E-state index in [1.807, 2.05) is 13.1 Å². The van der Waals surface area contributed by atoms with Crippen LogP contribution in [0.25, 0.3) is 10.8 Å². The summed E-state index contributed by atoms with van der Waals surface area (Å²) in [5.74, 6) is 0.897. The van der Waals surface area contributed by atoms with Crippen molar-refractivity contribution >= 4 is 16.5 Å². The van der Waals surface area contributed by atoms with Gasteiger partial charge in [0.1, 0.15) is 5.75 Å². The third-order valence-corrected chi connectivity index (χ3v) is 2.87. The Bertz CT molecular complexity index is 511. The monoisotopic (exact) mass is 230 g/mol. The minimum absolute atomic E-state index is 0.835. The first-order valence-corrected chi connectivity index (χ1v) is 5.68. The van der Waals surface area contributed by atoms with E-state index in [0.717, 1.165) is 12.4 Å². The Morgan fingerprint density at radius 1 is 1.12 bits per heavy atom. The Balaban J connectivity index is 2.37. The molecule has 0 fully saturated rings. The van der Waals surface area contributed by atoms with E-state index in [1.54, 1.807) is 7.11 Å². The largest absolute Gasteiger partial charge is 0.497 e. The molecule has 0 saturated heterocycles. The summed E-state index contributed by atoms with van der Waals surface area (Å²) in [4.78, 5) is 2.17. The zero-order valence-electron chi connectivity index (χ0n) is 10.5. The molecule has 0 radical (unpaired) electrons. The van der Waals surface area contributed by atoms with E-state index in [-0.39, 0.29) is 0 Å². The molecule has 0 bridgehead atoms. The van der Waals surface area contributed by atoms with Gasteiger partial charge in [0.25, 0.3) is 0 Å². The van der Waals surface area contributed by atoms with Gasteiger partial charge in [-0.25, -0.2) is 0 Å². The highest BCUT2D eigenvalue weighted by atomic mass is 16.5. The van der Waals surface area contributed by atoms with Gasteiger partial charge in [-0.1, -0.05) is 12.1 Å². The third kappa shape index (κ3) is 2.50. The van der Waals surface area contributed by atoms with Crippen LogP contribution in [0, 0.1) is 0 Å². The topological polar surface area (TPSA) is 24.5 Å². The number of fused-ring (bicyclic) bond motifs is 1. The molecule has 2 aromatic carbocycles. The number of benzene rings is 2. The smallest absolute Gasteiger partial charge is 0.119 e. The van der Waals surface area contributed by atoms with Gasteiger partial charge in [-0.15, -0.1) is 0 Å². The van der Waals surface area contributed by atoms with E-state index in [0.29, 0.717) is 0 Å². The van der Waals surface area contributed by atoms with Gasteiger partial charge in [0.15, 0.2) is 0 Å². The summed E-state index contributed by atoms with van der Waals surface area (Å²) in [6, 6.07) is 12.6. The summed E-state index contributed by atoms with van der Waals surface area (Å²) >= 11 is 0. The van der Waals surface area contributed by atoms with Crippen LogP contribution in [0.2, 0.25) is 0 Å². The molecule has 0 heterocycles. The molecule has 0 saturated carbocycles. The van der Waals surface area contributed by atoms with E-state index in [1.165, 1.54) is 16.5 Å². The van der Waals surface area contributed by atoms with Crippen LogP contribution in [0.4, 0.5) is 5.69 Å². The van der Waals surface area contributed by atoms with Crippen molar-refractivity contribution in [3.05, 3.63) is 36.4 Å². The molecule has 90 valence electrons. The van der Waals surface area contributed by atoms with Crippen molar-refractivity contribution in [3.8, 4) is 5.75 Å². The Labute approximate surface area is 102 Å². The Kier molecular flexibility index (Phi) is 3.49. The number of ether oxygens (including phenoxy) is 1. The number of nitrogens with zero attached hydrogens (tertiary/aromatic N) is 1. The zero-order chi connectivity index (χ0) is 12.3. The number of anilines is 1.